The highest BCUT2D eigenvalue weighted by Crippen LogP contribution is 2.46. The van der Waals surface area contributed by atoms with Crippen LogP contribution < -0.4 is 4.74 Å². The summed E-state index contributed by atoms with van der Waals surface area (Å²) in [4.78, 5) is 13.7. The number of esters is 1. The van der Waals surface area contributed by atoms with E-state index in [1.165, 1.54) is 6.07 Å². The predicted molar refractivity (Wildman–Crippen MR) is 170 cm³/mol. The number of ether oxygens (including phenoxy) is 3. The summed E-state index contributed by atoms with van der Waals surface area (Å²) in [6.07, 6.45) is 5.33. The van der Waals surface area contributed by atoms with Crippen LogP contribution in [0.2, 0.25) is 0 Å². The fraction of sp³-hybridized carbons (Fsp3) is 0.629. The van der Waals surface area contributed by atoms with Gasteiger partial charge in [-0.2, -0.15) is 4.31 Å². The highest BCUT2D eigenvalue weighted by molar-refractivity contribution is 7.89. The van der Waals surface area contributed by atoms with E-state index in [1.807, 2.05) is 41.5 Å². The van der Waals surface area contributed by atoms with Gasteiger partial charge in [0.2, 0.25) is 10.0 Å². The van der Waals surface area contributed by atoms with Crippen molar-refractivity contribution in [2.24, 2.45) is 0 Å². The Morgan fingerprint density at radius 3 is 2.39 bits per heavy atom. The van der Waals surface area contributed by atoms with Crippen molar-refractivity contribution in [2.75, 3.05) is 19.8 Å². The Balaban J connectivity index is 1.75. The molecule has 1 saturated carbocycles. The van der Waals surface area contributed by atoms with Crippen molar-refractivity contribution in [2.45, 2.75) is 123 Å². The summed E-state index contributed by atoms with van der Waals surface area (Å²) in [6, 6.07) is 1.51. The second kappa shape index (κ2) is 12.7. The maximum Gasteiger partial charge on any atom is 0.339 e. The number of fused-ring (bicyclic) bond motifs is 2. The number of carbonyl (C=O) groups is 1. The van der Waals surface area contributed by atoms with Crippen LogP contribution in [0.3, 0.4) is 0 Å². The molecule has 5 rings (SSSR count). The smallest absolute Gasteiger partial charge is 0.339 e. The van der Waals surface area contributed by atoms with Crippen molar-refractivity contribution in [1.29, 1.82) is 0 Å². The largest absolute Gasteiger partial charge is 0.490 e. The van der Waals surface area contributed by atoms with Crippen LogP contribution in [-0.2, 0) is 43.7 Å². The summed E-state index contributed by atoms with van der Waals surface area (Å²) < 4.78 is 62.8. The molecule has 44 heavy (non-hydrogen) atoms. The zero-order valence-corrected chi connectivity index (χ0v) is 28.2. The lowest BCUT2D eigenvalue weighted by Gasteiger charge is -2.37. The average molecular weight is 630 g/mol. The first-order valence-electron chi connectivity index (χ1n) is 16.2. The van der Waals surface area contributed by atoms with Crippen molar-refractivity contribution >= 4 is 16.0 Å². The van der Waals surface area contributed by atoms with Gasteiger partial charge in [0.05, 0.1) is 24.1 Å². The van der Waals surface area contributed by atoms with E-state index in [0.29, 0.717) is 61.3 Å². The van der Waals surface area contributed by atoms with Crippen LogP contribution in [0.25, 0.3) is 11.1 Å². The minimum atomic E-state index is -3.48. The monoisotopic (exact) mass is 629 g/mol. The normalized spacial score (nSPS) is 18.7. The van der Waals surface area contributed by atoms with E-state index in [4.69, 9.17) is 14.2 Å². The van der Waals surface area contributed by atoms with E-state index in [2.05, 4.69) is 0 Å². The van der Waals surface area contributed by atoms with Crippen LogP contribution in [-0.4, -0.2) is 49.3 Å². The molecule has 242 valence electrons. The number of halogens is 1. The average Bonchev–Trinajstić information content (AvgIpc) is 2.99. The standard InChI is InChI=1S/C35H48FNO6S/c1-8-41-34(38)33(43-35(5,6)7)31-22(3)25-16-17-37(44(39,40)24-13-10-9-11-14-24)20-28(25)23(4)30(31)27-19-29(36)32-26(21(27)2)15-12-18-42-32/h19,24,33H,8-18,20H2,1-7H3. The van der Waals surface area contributed by atoms with E-state index in [0.717, 1.165) is 59.1 Å². The second-order valence-corrected chi connectivity index (χ2v) is 15.8. The molecule has 2 heterocycles. The zero-order chi connectivity index (χ0) is 32.0. The van der Waals surface area contributed by atoms with Gasteiger partial charge in [0.15, 0.2) is 17.7 Å². The van der Waals surface area contributed by atoms with Gasteiger partial charge in [-0.05, 0) is 126 Å². The van der Waals surface area contributed by atoms with Crippen molar-refractivity contribution in [3.63, 3.8) is 0 Å². The number of benzene rings is 2. The second-order valence-electron chi connectivity index (χ2n) is 13.5. The number of rotatable bonds is 7. The molecule has 0 N–H and O–H groups in total. The van der Waals surface area contributed by atoms with Crippen LogP contribution in [0, 0.1) is 26.6 Å². The summed E-state index contributed by atoms with van der Waals surface area (Å²) >= 11 is 0. The van der Waals surface area contributed by atoms with E-state index < -0.39 is 33.5 Å². The number of sulfonamides is 1. The Labute approximate surface area is 262 Å². The van der Waals surface area contributed by atoms with Gasteiger partial charge in [0, 0.05) is 24.2 Å². The molecule has 2 aromatic rings. The Hall–Kier alpha value is -2.49. The first-order valence-corrected chi connectivity index (χ1v) is 17.7. The van der Waals surface area contributed by atoms with Gasteiger partial charge in [-0.1, -0.05) is 19.3 Å². The van der Waals surface area contributed by atoms with Gasteiger partial charge < -0.3 is 14.2 Å². The van der Waals surface area contributed by atoms with Crippen molar-refractivity contribution in [3.8, 4) is 16.9 Å². The molecule has 7 nitrogen and oxygen atoms in total. The third kappa shape index (κ3) is 6.16. The molecule has 1 fully saturated rings. The molecule has 9 heteroatoms. The maximum absolute atomic E-state index is 15.7. The fourth-order valence-corrected chi connectivity index (χ4v) is 9.39. The highest BCUT2D eigenvalue weighted by Gasteiger charge is 2.40. The number of carbonyl (C=O) groups excluding carboxylic acids is 1. The van der Waals surface area contributed by atoms with Gasteiger partial charge in [-0.25, -0.2) is 17.6 Å². The molecule has 1 unspecified atom stereocenters. The van der Waals surface area contributed by atoms with E-state index in [1.54, 1.807) is 11.2 Å². The van der Waals surface area contributed by atoms with Crippen LogP contribution >= 0.6 is 0 Å². The molecule has 0 radical (unpaired) electrons. The molecular weight excluding hydrogens is 581 g/mol. The molecule has 3 aliphatic rings. The summed E-state index contributed by atoms with van der Waals surface area (Å²) in [5.74, 6) is -0.640. The number of nitrogens with zero attached hydrogens (tertiary/aromatic N) is 1. The van der Waals surface area contributed by atoms with Crippen LogP contribution in [0.5, 0.6) is 5.75 Å². The molecule has 1 atom stereocenters. The molecule has 2 aliphatic heterocycles. The first kappa shape index (κ1) is 32.9. The Morgan fingerprint density at radius 1 is 1.02 bits per heavy atom. The van der Waals surface area contributed by atoms with Gasteiger partial charge >= 0.3 is 5.97 Å². The van der Waals surface area contributed by atoms with Crippen LogP contribution in [0.4, 0.5) is 4.39 Å². The molecule has 0 saturated heterocycles. The molecule has 2 aromatic carbocycles. The van der Waals surface area contributed by atoms with Gasteiger partial charge in [0.25, 0.3) is 0 Å². The Kier molecular flexibility index (Phi) is 9.51. The third-order valence-electron chi connectivity index (χ3n) is 9.54. The van der Waals surface area contributed by atoms with E-state index >= 15 is 4.39 Å². The highest BCUT2D eigenvalue weighted by atomic mass is 32.2. The lowest BCUT2D eigenvalue weighted by atomic mass is 9.78. The number of hydrogen-bond acceptors (Lipinski definition) is 6. The number of hydrogen-bond donors (Lipinski definition) is 0. The third-order valence-corrected chi connectivity index (χ3v) is 11.9. The van der Waals surface area contributed by atoms with Crippen molar-refractivity contribution < 1.29 is 31.8 Å². The maximum atomic E-state index is 15.7. The van der Waals surface area contributed by atoms with Gasteiger partial charge in [-0.15, -0.1) is 0 Å². The Bertz CT molecular complexity index is 1540. The molecular formula is C35H48FNO6S. The topological polar surface area (TPSA) is 82.1 Å². The summed E-state index contributed by atoms with van der Waals surface area (Å²) in [7, 11) is -3.48. The molecule has 0 aromatic heterocycles. The van der Waals surface area contributed by atoms with Gasteiger partial charge in [-0.3, -0.25) is 0 Å². The van der Waals surface area contributed by atoms with Crippen LogP contribution in [0.15, 0.2) is 6.07 Å². The molecule has 0 amide bonds. The first-order chi connectivity index (χ1) is 20.8. The molecule has 1 aliphatic carbocycles. The SMILES string of the molecule is CCOC(=O)C(OC(C)(C)C)c1c(C)c2c(c(C)c1-c1cc(F)c3c(c1C)CCCO3)CN(S(=O)(=O)C1CCCCC1)CC2. The lowest BCUT2D eigenvalue weighted by molar-refractivity contribution is -0.166. The summed E-state index contributed by atoms with van der Waals surface area (Å²) in [6.45, 7) is 14.7. The fourth-order valence-electron chi connectivity index (χ4n) is 7.38. The van der Waals surface area contributed by atoms with Gasteiger partial charge in [0.1, 0.15) is 0 Å². The minimum Gasteiger partial charge on any atom is -0.490 e. The van der Waals surface area contributed by atoms with Crippen LogP contribution in [0.1, 0.15) is 111 Å². The summed E-state index contributed by atoms with van der Waals surface area (Å²) in [5.41, 5.74) is 6.76. The van der Waals surface area contributed by atoms with Crippen molar-refractivity contribution in [1.82, 2.24) is 4.31 Å². The Morgan fingerprint density at radius 2 is 1.73 bits per heavy atom. The predicted octanol–water partition coefficient (Wildman–Crippen LogP) is 7.18. The molecule has 0 spiro atoms. The van der Waals surface area contributed by atoms with Crippen molar-refractivity contribution in [3.05, 3.63) is 50.8 Å². The quantitative estimate of drug-likeness (QED) is 0.302. The van der Waals surface area contributed by atoms with E-state index in [9.17, 15) is 13.2 Å². The minimum absolute atomic E-state index is 0.193. The zero-order valence-electron chi connectivity index (χ0n) is 27.4. The lowest BCUT2D eigenvalue weighted by Crippen LogP contribution is -2.43. The van der Waals surface area contributed by atoms with E-state index in [-0.39, 0.29) is 18.4 Å². The molecule has 0 bridgehead atoms. The summed E-state index contributed by atoms with van der Waals surface area (Å²) in [5, 5.41) is -0.344.